The summed E-state index contributed by atoms with van der Waals surface area (Å²) in [6, 6.07) is 0. The van der Waals surface area contributed by atoms with Crippen LogP contribution in [0, 0.1) is 0 Å². The zero-order valence-corrected chi connectivity index (χ0v) is 6.58. The molecule has 0 amide bonds. The second kappa shape index (κ2) is 3.64. The summed E-state index contributed by atoms with van der Waals surface area (Å²) >= 11 is 2.64. The molecule has 0 heterocycles. The van der Waals surface area contributed by atoms with Crippen LogP contribution in [0.2, 0.25) is 0 Å². The van der Waals surface area contributed by atoms with E-state index in [0.29, 0.717) is 0 Å². The van der Waals surface area contributed by atoms with E-state index in [9.17, 15) is 26.3 Å². The third kappa shape index (κ3) is 3.33. The molecule has 13 heavy (non-hydrogen) atoms. The number of alkyl halides is 6. The molecule has 0 radical (unpaired) electrons. The SMILES string of the molecule is ON=C(C(S)C(F)(F)F)C(F)(F)F. The molecule has 0 saturated carbocycles. The summed E-state index contributed by atoms with van der Waals surface area (Å²) in [6.07, 6.45) is -10.6. The number of oxime groups is 1. The largest absolute Gasteiger partial charge is 0.434 e. The summed E-state index contributed by atoms with van der Waals surface area (Å²) in [5.74, 6) is 0. The molecule has 1 N–H and O–H groups in total. The van der Waals surface area contributed by atoms with Crippen molar-refractivity contribution in [2.24, 2.45) is 5.16 Å². The Morgan fingerprint density at radius 2 is 1.54 bits per heavy atom. The lowest BCUT2D eigenvalue weighted by Crippen LogP contribution is -2.40. The summed E-state index contributed by atoms with van der Waals surface area (Å²) in [5.41, 5.74) is -2.39. The molecule has 0 aromatic rings. The van der Waals surface area contributed by atoms with Crippen molar-refractivity contribution in [2.75, 3.05) is 0 Å². The first-order valence-electron chi connectivity index (χ1n) is 2.64. The van der Waals surface area contributed by atoms with E-state index in [1.54, 1.807) is 0 Å². The van der Waals surface area contributed by atoms with Crippen LogP contribution in [-0.2, 0) is 0 Å². The average molecular weight is 227 g/mol. The van der Waals surface area contributed by atoms with Crippen LogP contribution >= 0.6 is 12.6 Å². The topological polar surface area (TPSA) is 32.6 Å². The normalized spacial score (nSPS) is 17.3. The second-order valence-corrected chi connectivity index (χ2v) is 2.44. The fourth-order valence-corrected chi connectivity index (χ4v) is 0.619. The minimum Gasteiger partial charge on any atom is -0.411 e. The van der Waals surface area contributed by atoms with Crippen molar-refractivity contribution in [1.29, 1.82) is 0 Å². The lowest BCUT2D eigenvalue weighted by atomic mass is 10.2. The van der Waals surface area contributed by atoms with Crippen molar-refractivity contribution >= 4 is 18.3 Å². The van der Waals surface area contributed by atoms with Gasteiger partial charge in [0.2, 0.25) is 0 Å². The number of hydrogen-bond acceptors (Lipinski definition) is 3. The Labute approximate surface area is 73.6 Å². The highest BCUT2D eigenvalue weighted by atomic mass is 32.1. The van der Waals surface area contributed by atoms with Crippen molar-refractivity contribution in [3.8, 4) is 0 Å². The van der Waals surface area contributed by atoms with Crippen molar-refractivity contribution in [2.45, 2.75) is 17.6 Å². The van der Waals surface area contributed by atoms with E-state index in [-0.39, 0.29) is 0 Å². The van der Waals surface area contributed by atoms with Gasteiger partial charge in [-0.2, -0.15) is 39.0 Å². The number of thiol groups is 1. The molecule has 9 heteroatoms. The minimum atomic E-state index is -5.35. The van der Waals surface area contributed by atoms with Gasteiger partial charge in [-0.05, 0) is 0 Å². The van der Waals surface area contributed by atoms with Gasteiger partial charge in [0.15, 0.2) is 5.71 Å². The molecule has 0 rings (SSSR count). The molecule has 0 bridgehead atoms. The van der Waals surface area contributed by atoms with Gasteiger partial charge < -0.3 is 5.21 Å². The first kappa shape index (κ1) is 12.4. The van der Waals surface area contributed by atoms with Crippen molar-refractivity contribution in [3.05, 3.63) is 0 Å². The van der Waals surface area contributed by atoms with Gasteiger partial charge in [-0.1, -0.05) is 5.16 Å². The Balaban J connectivity index is 4.84. The molecule has 1 atom stereocenters. The molecular formula is C4H3F6NOS. The van der Waals surface area contributed by atoms with Crippen LogP contribution in [0.4, 0.5) is 26.3 Å². The first-order chi connectivity index (χ1) is 5.60. The zero-order valence-electron chi connectivity index (χ0n) is 5.69. The van der Waals surface area contributed by atoms with Crippen LogP contribution < -0.4 is 0 Å². The highest BCUT2D eigenvalue weighted by molar-refractivity contribution is 7.82. The second-order valence-electron chi connectivity index (χ2n) is 1.93. The van der Waals surface area contributed by atoms with E-state index in [1.165, 1.54) is 5.16 Å². The van der Waals surface area contributed by atoms with Crippen molar-refractivity contribution in [3.63, 3.8) is 0 Å². The van der Waals surface area contributed by atoms with Gasteiger partial charge in [0, 0.05) is 0 Å². The van der Waals surface area contributed by atoms with E-state index >= 15 is 0 Å². The van der Waals surface area contributed by atoms with Crippen LogP contribution in [0.25, 0.3) is 0 Å². The third-order valence-electron chi connectivity index (χ3n) is 0.967. The Kier molecular flexibility index (Phi) is 3.47. The Hall–Kier alpha value is -0.600. The highest BCUT2D eigenvalue weighted by Gasteiger charge is 2.51. The molecule has 0 aromatic carbocycles. The molecule has 0 fully saturated rings. The Bertz CT molecular complexity index is 208. The summed E-state index contributed by atoms with van der Waals surface area (Å²) in [6.45, 7) is 0. The van der Waals surface area contributed by atoms with Gasteiger partial charge in [-0.3, -0.25) is 0 Å². The fraction of sp³-hybridized carbons (Fsp3) is 0.750. The Morgan fingerprint density at radius 3 is 1.62 bits per heavy atom. The summed E-state index contributed by atoms with van der Waals surface area (Å²) in [7, 11) is 0. The molecule has 0 saturated heterocycles. The predicted octanol–water partition coefficient (Wildman–Crippen LogP) is 2.24. The molecule has 0 aliphatic heterocycles. The van der Waals surface area contributed by atoms with Gasteiger partial charge in [-0.25, -0.2) is 0 Å². The van der Waals surface area contributed by atoms with E-state index in [1.807, 2.05) is 0 Å². The molecule has 1 unspecified atom stereocenters. The molecule has 78 valence electrons. The van der Waals surface area contributed by atoms with E-state index in [0.717, 1.165) is 0 Å². The van der Waals surface area contributed by atoms with Crippen LogP contribution in [0.15, 0.2) is 5.16 Å². The lowest BCUT2D eigenvalue weighted by molar-refractivity contribution is -0.126. The number of nitrogens with zero attached hydrogens (tertiary/aromatic N) is 1. The van der Waals surface area contributed by atoms with Gasteiger partial charge in [0.05, 0.1) is 0 Å². The summed E-state index contributed by atoms with van der Waals surface area (Å²) in [5, 5.41) is 6.09. The zero-order chi connectivity index (χ0) is 10.9. The molecular weight excluding hydrogens is 224 g/mol. The van der Waals surface area contributed by atoms with Crippen molar-refractivity contribution < 1.29 is 31.5 Å². The summed E-state index contributed by atoms with van der Waals surface area (Å²) < 4.78 is 69.9. The molecule has 0 aliphatic carbocycles. The maximum atomic E-state index is 11.7. The van der Waals surface area contributed by atoms with Gasteiger partial charge in [0.1, 0.15) is 5.25 Å². The maximum Gasteiger partial charge on any atom is 0.434 e. The number of rotatable bonds is 1. The van der Waals surface area contributed by atoms with Gasteiger partial charge in [-0.15, -0.1) is 0 Å². The van der Waals surface area contributed by atoms with Crippen LogP contribution in [0.5, 0.6) is 0 Å². The van der Waals surface area contributed by atoms with Gasteiger partial charge in [0.25, 0.3) is 0 Å². The summed E-state index contributed by atoms with van der Waals surface area (Å²) in [4.78, 5) is 0. The predicted molar refractivity (Wildman–Crippen MR) is 34.1 cm³/mol. The van der Waals surface area contributed by atoms with Crippen LogP contribution in [-0.4, -0.2) is 28.5 Å². The first-order valence-corrected chi connectivity index (χ1v) is 3.16. The molecule has 2 nitrogen and oxygen atoms in total. The Morgan fingerprint density at radius 1 is 1.15 bits per heavy atom. The fourth-order valence-electron chi connectivity index (χ4n) is 0.421. The highest BCUT2D eigenvalue weighted by Crippen LogP contribution is 2.31. The number of hydrogen-bond donors (Lipinski definition) is 2. The quantitative estimate of drug-likeness (QED) is 0.232. The number of halogens is 6. The third-order valence-corrected chi connectivity index (χ3v) is 1.50. The maximum absolute atomic E-state index is 11.7. The smallest absolute Gasteiger partial charge is 0.411 e. The van der Waals surface area contributed by atoms with Crippen LogP contribution in [0.1, 0.15) is 0 Å². The standard InChI is InChI=1S/C4H3F6NOS/c5-3(6,7)1(11-12)2(13)4(8,9)10/h2,12-13H. The van der Waals surface area contributed by atoms with E-state index in [2.05, 4.69) is 12.6 Å². The molecule has 0 aromatic heterocycles. The van der Waals surface area contributed by atoms with Gasteiger partial charge >= 0.3 is 12.4 Å². The van der Waals surface area contributed by atoms with Crippen LogP contribution in [0.3, 0.4) is 0 Å². The average Bonchev–Trinajstić information content (AvgIpc) is 1.83. The molecule has 0 aliphatic rings. The minimum absolute atomic E-state index is 1.52. The lowest BCUT2D eigenvalue weighted by Gasteiger charge is -2.17. The molecule has 0 spiro atoms. The van der Waals surface area contributed by atoms with Crippen molar-refractivity contribution in [1.82, 2.24) is 0 Å². The van der Waals surface area contributed by atoms with E-state index < -0.39 is 23.3 Å². The van der Waals surface area contributed by atoms with E-state index in [4.69, 9.17) is 5.21 Å². The monoisotopic (exact) mass is 227 g/mol.